The van der Waals surface area contributed by atoms with Gasteiger partial charge in [0.25, 0.3) is 23.6 Å². The summed E-state index contributed by atoms with van der Waals surface area (Å²) in [6, 6.07) is 75.0. The van der Waals surface area contributed by atoms with Crippen molar-refractivity contribution in [3.8, 4) is 33.4 Å². The molecule has 0 aliphatic rings. The van der Waals surface area contributed by atoms with Crippen LogP contribution in [-0.2, 0) is 22.7 Å². The minimum absolute atomic E-state index is 0.100. The second-order valence-electron chi connectivity index (χ2n) is 31.4. The minimum atomic E-state index is -0.938. The van der Waals surface area contributed by atoms with Crippen molar-refractivity contribution in [3.05, 3.63) is 321 Å². The van der Waals surface area contributed by atoms with Gasteiger partial charge in [0.1, 0.15) is 59.1 Å². The molecular formula is C101H108Br2F3N15O10. The van der Waals surface area contributed by atoms with Gasteiger partial charge in [0.2, 0.25) is 0 Å². The standard InChI is InChI=1S/C29H30FN3O3.C23H26BrN3O3.2C20H23FN4O.C9H6BrNO2/c1-2-3-9-25(32-29(35)36-19-20-7-5-4-6-8-20)18-31-28(34)27-17-23-16-22(12-15-26(23)33-27)21-10-13-24(30)14-11-21;1-2-3-9-19(26-23(29)30-15-16-7-5-4-6-8-16)14-25-22(28)21-13-17-12-18(24)10-11-20(17)27-21;2*21-16-6-3-13(4-7-16)14-5-8-18-15(10-14)11-19(25-18)20(26)24-12-17(23)2-1-9-22;10-6-1-2-7-5(3-6)4-8(11-7)9(12)13/h4-8,10-17,25,33H,2-3,9,18-19H2,1H3,(H,31,34)(H,32,35);4-8,10-13,19,27H,2-3,9,14-15H2,1H3,(H,25,28)(H,26,29);2*3-8,10-11,17,25H,1-2,9,12,22-23H2,(H,24,26);1-4,11H,(H,12,13)/t25-;19-;2*17-;/m0000./s1. The predicted octanol–water partition coefficient (Wildman–Crippen LogP) is 19.5. The summed E-state index contributed by atoms with van der Waals surface area (Å²) in [4.78, 5) is 101. The van der Waals surface area contributed by atoms with Crippen molar-refractivity contribution in [2.45, 2.75) is 115 Å². The first kappa shape index (κ1) is 98.0. The lowest BCUT2D eigenvalue weighted by Crippen LogP contribution is -2.44. The number of carbonyl (C=O) groups excluding carboxylic acids is 6. The van der Waals surface area contributed by atoms with E-state index in [1.165, 1.54) is 36.4 Å². The van der Waals surface area contributed by atoms with Gasteiger partial charge in [-0.1, -0.05) is 187 Å². The van der Waals surface area contributed by atoms with Crippen LogP contribution in [0.15, 0.2) is 264 Å². The van der Waals surface area contributed by atoms with E-state index in [4.69, 9.17) is 37.5 Å². The molecule has 5 aromatic heterocycles. The van der Waals surface area contributed by atoms with Crippen LogP contribution in [0.2, 0.25) is 0 Å². The number of nitrogens with two attached hydrogens (primary N) is 4. The first-order valence-electron chi connectivity index (χ1n) is 43.3. The van der Waals surface area contributed by atoms with Gasteiger partial charge in [-0.3, -0.25) is 19.2 Å². The number of benzene rings is 10. The molecule has 30 heteroatoms. The monoisotopic (exact) mass is 1910 g/mol. The highest BCUT2D eigenvalue weighted by atomic mass is 79.9. The van der Waals surface area contributed by atoms with Crippen LogP contribution in [-0.4, -0.2) is 135 Å². The molecule has 0 unspecified atom stereocenters. The molecule has 10 aromatic carbocycles. The van der Waals surface area contributed by atoms with E-state index in [0.29, 0.717) is 55.5 Å². The van der Waals surface area contributed by atoms with E-state index in [9.17, 15) is 46.7 Å². The maximum atomic E-state index is 13.2. The molecule has 0 aliphatic carbocycles. The Bertz CT molecular complexity index is 6120. The third kappa shape index (κ3) is 30.5. The molecule has 4 atom stereocenters. The van der Waals surface area contributed by atoms with Crippen LogP contribution in [0.3, 0.4) is 0 Å². The summed E-state index contributed by atoms with van der Waals surface area (Å²) < 4.78 is 51.9. The van der Waals surface area contributed by atoms with Crippen LogP contribution in [0.4, 0.5) is 22.8 Å². The summed E-state index contributed by atoms with van der Waals surface area (Å²) in [5, 5.41) is 30.5. The lowest BCUT2D eigenvalue weighted by atomic mass is 10.0. The number of rotatable bonds is 34. The topological polar surface area (TPSA) is 413 Å². The molecule has 0 spiro atoms. The predicted molar refractivity (Wildman–Crippen MR) is 518 cm³/mol. The molecule has 682 valence electrons. The normalized spacial score (nSPS) is 11.8. The fourth-order valence-corrected chi connectivity index (χ4v) is 14.9. The van der Waals surface area contributed by atoms with Gasteiger partial charge in [0.05, 0.1) is 0 Å². The number of aromatic carboxylic acids is 1. The lowest BCUT2D eigenvalue weighted by Gasteiger charge is -2.19. The Labute approximate surface area is 773 Å². The fraction of sp³-hybridized carbons (Fsp3) is 0.238. The number of alkyl carbamates (subject to hydrolysis) is 2. The number of H-pyrrole nitrogens is 5. The first-order valence-corrected chi connectivity index (χ1v) is 44.9. The Hall–Kier alpha value is -13.6. The van der Waals surface area contributed by atoms with E-state index in [0.717, 1.165) is 172 Å². The van der Waals surface area contributed by atoms with Gasteiger partial charge >= 0.3 is 18.2 Å². The van der Waals surface area contributed by atoms with Crippen molar-refractivity contribution in [1.82, 2.24) is 56.8 Å². The number of amides is 6. The molecule has 131 heavy (non-hydrogen) atoms. The zero-order chi connectivity index (χ0) is 93.1. The van der Waals surface area contributed by atoms with Crippen LogP contribution >= 0.6 is 31.9 Å². The van der Waals surface area contributed by atoms with E-state index in [2.05, 4.69) is 103 Å². The highest BCUT2D eigenvalue weighted by Crippen LogP contribution is 2.30. The number of hydrogen-bond donors (Lipinski definition) is 16. The summed E-state index contributed by atoms with van der Waals surface area (Å²) in [5.41, 5.74) is 36.7. The summed E-state index contributed by atoms with van der Waals surface area (Å²) in [6.45, 7) is 7.21. The average molecular weight is 1910 g/mol. The van der Waals surface area contributed by atoms with Crippen molar-refractivity contribution in [1.29, 1.82) is 0 Å². The lowest BCUT2D eigenvalue weighted by molar-refractivity contribution is 0.0690. The van der Waals surface area contributed by atoms with Crippen LogP contribution in [0.5, 0.6) is 0 Å². The van der Waals surface area contributed by atoms with Crippen LogP contribution in [0.25, 0.3) is 87.9 Å². The number of ether oxygens (including phenoxy) is 2. The Kier molecular flexibility index (Phi) is 37.2. The number of carboxylic acids is 1. The van der Waals surface area contributed by atoms with Crippen LogP contribution < -0.4 is 54.8 Å². The van der Waals surface area contributed by atoms with Gasteiger partial charge in [0.15, 0.2) is 0 Å². The average Bonchev–Trinajstić information content (AvgIpc) is 1.59. The van der Waals surface area contributed by atoms with Gasteiger partial charge in [-0.25, -0.2) is 27.6 Å². The second-order valence-corrected chi connectivity index (χ2v) is 33.3. The number of aromatic nitrogens is 5. The third-order valence-corrected chi connectivity index (χ3v) is 22.3. The largest absolute Gasteiger partial charge is 0.477 e. The van der Waals surface area contributed by atoms with Gasteiger partial charge in [-0.15, -0.1) is 0 Å². The molecule has 5 heterocycles. The summed E-state index contributed by atoms with van der Waals surface area (Å²) in [5.74, 6) is -2.58. The third-order valence-electron chi connectivity index (χ3n) is 21.3. The van der Waals surface area contributed by atoms with Crippen LogP contribution in [0, 0.1) is 17.5 Å². The maximum absolute atomic E-state index is 13.2. The SMILES string of the molecule is CCCC[C@@H](CNC(=O)c1cc2cc(-c3ccc(F)cc3)ccc2[nH]1)NC(=O)OCc1ccccc1.CCCC[C@@H](CNC(=O)c1cc2cc(Br)ccc2[nH]1)NC(=O)OCc1ccccc1.NCCC[C@H](N)CNC(=O)c1cc2cc(-c3ccc(F)cc3)ccc2[nH]1.NCCC[C@H](N)CNC(=O)c1cc2cc(-c3ccc(F)cc3)ccc2[nH]1.O=C(O)c1cc2cc(Br)ccc2[nH]1. The van der Waals surface area contributed by atoms with Crippen molar-refractivity contribution in [2.24, 2.45) is 22.9 Å². The minimum Gasteiger partial charge on any atom is -0.477 e. The van der Waals surface area contributed by atoms with Crippen molar-refractivity contribution < 1.29 is 61.3 Å². The van der Waals surface area contributed by atoms with Crippen molar-refractivity contribution >= 4 is 128 Å². The van der Waals surface area contributed by atoms with Gasteiger partial charge in [-0.2, -0.15) is 0 Å². The summed E-state index contributed by atoms with van der Waals surface area (Å²) >= 11 is 6.75. The summed E-state index contributed by atoms with van der Waals surface area (Å²) in [7, 11) is 0. The molecule has 15 aromatic rings. The number of carboxylic acid groups (broad SMARTS) is 1. The number of unbranched alkanes of at least 4 members (excludes halogenated alkanes) is 2. The molecule has 20 N–H and O–H groups in total. The second kappa shape index (κ2) is 49.8. The van der Waals surface area contributed by atoms with Gasteiger partial charge < -0.3 is 94.3 Å². The molecule has 0 aliphatic heterocycles. The maximum Gasteiger partial charge on any atom is 0.407 e. The fourth-order valence-electron chi connectivity index (χ4n) is 14.1. The number of halogens is 5. The highest BCUT2D eigenvalue weighted by molar-refractivity contribution is 9.10. The van der Waals surface area contributed by atoms with Crippen molar-refractivity contribution in [2.75, 3.05) is 39.3 Å². The first-order chi connectivity index (χ1) is 63.3. The van der Waals surface area contributed by atoms with E-state index in [-0.39, 0.29) is 90.7 Å². The number of nitrogens with one attached hydrogen (secondary N) is 11. The zero-order valence-electron chi connectivity index (χ0n) is 72.6. The Morgan fingerprint density at radius 1 is 0.351 bits per heavy atom. The molecule has 0 radical (unpaired) electrons. The Morgan fingerprint density at radius 2 is 0.634 bits per heavy atom. The Morgan fingerprint density at radius 3 is 0.939 bits per heavy atom. The smallest absolute Gasteiger partial charge is 0.407 e. The molecule has 0 fully saturated rings. The van der Waals surface area contributed by atoms with E-state index in [1.54, 1.807) is 48.5 Å². The molecule has 6 amide bonds. The Balaban J connectivity index is 0.000000162. The van der Waals surface area contributed by atoms with E-state index in [1.807, 2.05) is 170 Å². The molecular weight excluding hydrogens is 1800 g/mol. The molecule has 15 rings (SSSR count). The molecule has 25 nitrogen and oxygen atoms in total. The number of fused-ring (bicyclic) bond motifs is 5. The molecule has 0 saturated carbocycles. The number of hydrogen-bond acceptors (Lipinski definition) is 13. The van der Waals surface area contributed by atoms with E-state index < -0.39 is 18.2 Å². The quantitative estimate of drug-likeness (QED) is 0.0178. The zero-order valence-corrected chi connectivity index (χ0v) is 75.8. The molecule has 0 bridgehead atoms. The molecule has 0 saturated heterocycles. The summed E-state index contributed by atoms with van der Waals surface area (Å²) in [6.07, 6.45) is 7.59. The van der Waals surface area contributed by atoms with Gasteiger partial charge in [-0.05, 0) is 236 Å². The van der Waals surface area contributed by atoms with Gasteiger partial charge in [0, 0.05) is 114 Å². The number of carbonyl (C=O) groups is 7. The van der Waals surface area contributed by atoms with E-state index >= 15 is 0 Å². The van der Waals surface area contributed by atoms with Crippen molar-refractivity contribution in [3.63, 3.8) is 0 Å². The number of aromatic amines is 5. The highest BCUT2D eigenvalue weighted by Gasteiger charge is 2.21. The van der Waals surface area contributed by atoms with Crippen LogP contribution in [0.1, 0.15) is 142 Å².